The molecule has 28 heavy (non-hydrogen) atoms. The van der Waals surface area contributed by atoms with Gasteiger partial charge in [-0.3, -0.25) is 14.9 Å². The summed E-state index contributed by atoms with van der Waals surface area (Å²) in [6.07, 6.45) is 1.54. The summed E-state index contributed by atoms with van der Waals surface area (Å²) < 4.78 is 5.42. The number of amides is 1. The Morgan fingerprint density at radius 2 is 1.89 bits per heavy atom. The first-order valence-corrected chi connectivity index (χ1v) is 8.88. The van der Waals surface area contributed by atoms with Crippen molar-refractivity contribution in [3.8, 4) is 0 Å². The lowest BCUT2D eigenvalue weighted by Gasteiger charge is -2.20. The maximum Gasteiger partial charge on any atom is 0.307 e. The molecule has 144 valence electrons. The Morgan fingerprint density at radius 3 is 2.54 bits per heavy atom. The number of rotatable bonds is 7. The maximum absolute atomic E-state index is 12.2. The number of hydrogen-bond donors (Lipinski definition) is 1. The molecule has 3 rings (SSSR count). The fourth-order valence-corrected chi connectivity index (χ4v) is 2.84. The van der Waals surface area contributed by atoms with Crippen molar-refractivity contribution in [2.75, 3.05) is 18.0 Å². The molecule has 0 fully saturated rings. The average molecular weight is 380 g/mol. The maximum atomic E-state index is 12.2. The summed E-state index contributed by atoms with van der Waals surface area (Å²) in [4.78, 5) is 24.7. The van der Waals surface area contributed by atoms with Crippen LogP contribution in [-0.2, 0) is 0 Å². The summed E-state index contributed by atoms with van der Waals surface area (Å²) in [6, 6.07) is 13.4. The van der Waals surface area contributed by atoms with Gasteiger partial charge in [-0.1, -0.05) is 12.1 Å². The molecule has 8 nitrogen and oxygen atoms in total. The molecule has 0 aliphatic heterocycles. The molecule has 8 heteroatoms. The van der Waals surface area contributed by atoms with E-state index in [9.17, 15) is 14.9 Å². The summed E-state index contributed by atoms with van der Waals surface area (Å²) in [7, 11) is 0. The zero-order valence-electron chi connectivity index (χ0n) is 15.6. The van der Waals surface area contributed by atoms with Crippen molar-refractivity contribution < 1.29 is 14.1 Å². The van der Waals surface area contributed by atoms with E-state index in [1.54, 1.807) is 0 Å². The van der Waals surface area contributed by atoms with Gasteiger partial charge >= 0.3 is 5.91 Å². The summed E-state index contributed by atoms with van der Waals surface area (Å²) in [6.45, 7) is 6.07. The fraction of sp³-hybridized carbons (Fsp3) is 0.200. The molecule has 0 saturated heterocycles. The molecule has 0 atom stereocenters. The Balaban J connectivity index is 1.66. The highest BCUT2D eigenvalue weighted by atomic mass is 16.6. The monoisotopic (exact) mass is 380 g/mol. The van der Waals surface area contributed by atoms with Gasteiger partial charge in [-0.05, 0) is 43.7 Å². The molecule has 0 bridgehead atoms. The lowest BCUT2D eigenvalue weighted by Crippen LogP contribution is -2.21. The van der Waals surface area contributed by atoms with E-state index in [1.165, 1.54) is 30.5 Å². The molecule has 0 radical (unpaired) electrons. The van der Waals surface area contributed by atoms with Gasteiger partial charge < -0.3 is 9.32 Å². The van der Waals surface area contributed by atoms with E-state index in [-0.39, 0.29) is 11.4 Å². The second-order valence-electron chi connectivity index (χ2n) is 6.05. The molecule has 0 spiro atoms. The number of benzene rings is 2. The van der Waals surface area contributed by atoms with Gasteiger partial charge in [0.05, 0.1) is 11.1 Å². The van der Waals surface area contributed by atoms with Crippen LogP contribution in [0, 0.1) is 10.1 Å². The van der Waals surface area contributed by atoms with Gasteiger partial charge in [-0.25, -0.2) is 5.43 Å². The minimum atomic E-state index is -0.533. The predicted octanol–water partition coefficient (Wildman–Crippen LogP) is 3.95. The van der Waals surface area contributed by atoms with Crippen LogP contribution in [0.1, 0.15) is 30.0 Å². The molecule has 3 aromatic rings. The van der Waals surface area contributed by atoms with Crippen molar-refractivity contribution in [1.82, 2.24) is 5.43 Å². The van der Waals surface area contributed by atoms with Crippen molar-refractivity contribution in [1.29, 1.82) is 0 Å². The number of nitrogens with zero attached hydrogens (tertiary/aromatic N) is 3. The Morgan fingerprint density at radius 1 is 1.18 bits per heavy atom. The quantitative estimate of drug-likeness (QED) is 0.380. The number of carbonyl (C=O) groups is 1. The normalized spacial score (nSPS) is 11.1. The third-order valence-corrected chi connectivity index (χ3v) is 4.34. The predicted molar refractivity (Wildman–Crippen MR) is 108 cm³/mol. The van der Waals surface area contributed by atoms with Crippen LogP contribution in [0.25, 0.3) is 11.0 Å². The van der Waals surface area contributed by atoms with Crippen LogP contribution in [0.4, 0.5) is 11.4 Å². The molecular weight excluding hydrogens is 360 g/mol. The topological polar surface area (TPSA) is 101 Å². The molecule has 1 N–H and O–H groups in total. The highest BCUT2D eigenvalue weighted by molar-refractivity contribution is 5.97. The van der Waals surface area contributed by atoms with E-state index in [1.807, 2.05) is 24.3 Å². The van der Waals surface area contributed by atoms with Crippen LogP contribution >= 0.6 is 0 Å². The number of carbonyl (C=O) groups excluding carboxylic acids is 1. The number of fused-ring (bicyclic) bond motifs is 1. The number of non-ortho nitro benzene ring substituents is 1. The van der Waals surface area contributed by atoms with Gasteiger partial charge in [0, 0.05) is 36.3 Å². The van der Waals surface area contributed by atoms with E-state index in [0.717, 1.165) is 24.3 Å². The molecule has 0 saturated carbocycles. The SMILES string of the molecule is CCN(CC)c1ccc(/C=N\NC(=O)c2cc3cc([N+](=O)[O-])ccc3o2)cc1. The lowest BCUT2D eigenvalue weighted by atomic mass is 10.2. The number of nitro benzene ring substituents is 1. The van der Waals surface area contributed by atoms with Crippen molar-refractivity contribution >= 4 is 34.5 Å². The first kappa shape index (κ1) is 19.1. The highest BCUT2D eigenvalue weighted by Gasteiger charge is 2.14. The van der Waals surface area contributed by atoms with Crippen molar-refractivity contribution in [3.63, 3.8) is 0 Å². The molecule has 0 unspecified atom stereocenters. The van der Waals surface area contributed by atoms with Crippen LogP contribution < -0.4 is 10.3 Å². The van der Waals surface area contributed by atoms with Gasteiger partial charge in [-0.15, -0.1) is 0 Å². The average Bonchev–Trinajstić information content (AvgIpc) is 3.13. The number of hydrogen-bond acceptors (Lipinski definition) is 6. The van der Waals surface area contributed by atoms with Crippen LogP contribution in [0.15, 0.2) is 58.0 Å². The summed E-state index contributed by atoms with van der Waals surface area (Å²) in [5.74, 6) is -0.501. The molecule has 2 aromatic carbocycles. The molecule has 1 amide bonds. The van der Waals surface area contributed by atoms with Gasteiger partial charge in [0.2, 0.25) is 0 Å². The second-order valence-corrected chi connectivity index (χ2v) is 6.05. The van der Waals surface area contributed by atoms with Crippen LogP contribution in [0.5, 0.6) is 0 Å². The Bertz CT molecular complexity index is 1020. The molecule has 1 aromatic heterocycles. The van der Waals surface area contributed by atoms with Crippen molar-refractivity contribution in [2.24, 2.45) is 5.10 Å². The van der Waals surface area contributed by atoms with E-state index < -0.39 is 10.8 Å². The first-order chi connectivity index (χ1) is 13.5. The summed E-state index contributed by atoms with van der Waals surface area (Å²) >= 11 is 0. The Kier molecular flexibility index (Phi) is 5.69. The van der Waals surface area contributed by atoms with E-state index >= 15 is 0 Å². The highest BCUT2D eigenvalue weighted by Crippen LogP contribution is 2.24. The van der Waals surface area contributed by atoms with E-state index in [0.29, 0.717) is 11.0 Å². The molecular formula is C20H20N4O4. The lowest BCUT2D eigenvalue weighted by molar-refractivity contribution is -0.384. The largest absolute Gasteiger partial charge is 0.451 e. The standard InChI is InChI=1S/C20H20N4O4/c1-3-23(4-2)16-7-5-14(6-8-16)13-21-22-20(25)19-12-15-11-17(24(26)27)9-10-18(15)28-19/h5-13H,3-4H2,1-2H3,(H,22,25)/b21-13-. The van der Waals surface area contributed by atoms with Gasteiger partial charge in [-0.2, -0.15) is 5.10 Å². The first-order valence-electron chi connectivity index (χ1n) is 8.88. The molecule has 1 heterocycles. The Labute approximate surface area is 161 Å². The van der Waals surface area contributed by atoms with E-state index in [2.05, 4.69) is 29.3 Å². The number of hydrazone groups is 1. The third kappa shape index (κ3) is 4.17. The number of furan rings is 1. The minimum Gasteiger partial charge on any atom is -0.451 e. The van der Waals surface area contributed by atoms with Gasteiger partial charge in [0.15, 0.2) is 5.76 Å². The number of anilines is 1. The smallest absolute Gasteiger partial charge is 0.307 e. The second kappa shape index (κ2) is 8.34. The zero-order chi connectivity index (χ0) is 20.1. The fourth-order valence-electron chi connectivity index (χ4n) is 2.84. The van der Waals surface area contributed by atoms with Crippen LogP contribution in [-0.4, -0.2) is 30.1 Å². The third-order valence-electron chi connectivity index (χ3n) is 4.34. The van der Waals surface area contributed by atoms with Gasteiger partial charge in [0.1, 0.15) is 5.58 Å². The van der Waals surface area contributed by atoms with Crippen molar-refractivity contribution in [3.05, 3.63) is 70.0 Å². The van der Waals surface area contributed by atoms with Gasteiger partial charge in [0.25, 0.3) is 5.69 Å². The number of nitrogens with one attached hydrogen (secondary N) is 1. The zero-order valence-corrected chi connectivity index (χ0v) is 15.6. The van der Waals surface area contributed by atoms with Crippen LogP contribution in [0.2, 0.25) is 0 Å². The summed E-state index contributed by atoms with van der Waals surface area (Å²) in [5, 5.41) is 15.3. The molecule has 0 aliphatic rings. The van der Waals surface area contributed by atoms with Crippen LogP contribution in [0.3, 0.4) is 0 Å². The minimum absolute atomic E-state index is 0.0320. The Hall–Kier alpha value is -3.68. The summed E-state index contributed by atoms with van der Waals surface area (Å²) in [5.41, 5.74) is 4.70. The van der Waals surface area contributed by atoms with E-state index in [4.69, 9.17) is 4.42 Å². The van der Waals surface area contributed by atoms with Crippen molar-refractivity contribution in [2.45, 2.75) is 13.8 Å². The number of nitro groups is 1. The molecule has 0 aliphatic carbocycles.